The highest BCUT2D eigenvalue weighted by Crippen LogP contribution is 2.29. The molecule has 0 saturated heterocycles. The van der Waals surface area contributed by atoms with Crippen molar-refractivity contribution < 1.29 is 27.8 Å². The molecular weight excluding hydrogens is 444 g/mol. The number of ether oxygens (including phenoxy) is 2. The molecule has 0 bridgehead atoms. The van der Waals surface area contributed by atoms with Gasteiger partial charge in [0.15, 0.2) is 11.5 Å². The van der Waals surface area contributed by atoms with E-state index in [4.69, 9.17) is 4.74 Å². The number of halogens is 2. The van der Waals surface area contributed by atoms with Crippen LogP contribution in [0.15, 0.2) is 72.8 Å². The van der Waals surface area contributed by atoms with Crippen LogP contribution in [-0.4, -0.2) is 44.0 Å². The van der Waals surface area contributed by atoms with Crippen LogP contribution in [-0.2, 0) is 11.3 Å². The van der Waals surface area contributed by atoms with Crippen LogP contribution < -0.4 is 20.1 Å². The molecule has 2 amide bonds. The van der Waals surface area contributed by atoms with Crippen LogP contribution in [0.3, 0.4) is 0 Å². The van der Waals surface area contributed by atoms with E-state index in [0.29, 0.717) is 23.5 Å². The summed E-state index contributed by atoms with van der Waals surface area (Å²) in [7, 11) is 3.10. The molecule has 0 spiro atoms. The van der Waals surface area contributed by atoms with E-state index in [1.165, 1.54) is 13.2 Å². The van der Waals surface area contributed by atoms with Gasteiger partial charge in [-0.1, -0.05) is 36.4 Å². The van der Waals surface area contributed by atoms with Gasteiger partial charge >= 0.3 is 6.61 Å². The molecule has 178 valence electrons. The number of anilines is 2. The molecule has 7 nitrogen and oxygen atoms in total. The first-order valence-corrected chi connectivity index (χ1v) is 10.4. The molecule has 0 heterocycles. The molecule has 34 heavy (non-hydrogen) atoms. The standard InChI is InChI=1S/C25H25F2N3O4/c1-30(15-17-12-13-21(34-25(26)27)22(14-17)33-2)16-23(31)29-20-11-7-6-10-19(20)24(32)28-18-8-4-3-5-9-18/h3-14,25H,15-16H2,1-2H3,(H,28,32)(H,29,31). The number of likely N-dealkylation sites (N-methyl/N-ethyl adjacent to an activating group) is 1. The minimum atomic E-state index is -2.95. The van der Waals surface area contributed by atoms with Crippen molar-refractivity contribution in [1.29, 1.82) is 0 Å². The van der Waals surface area contributed by atoms with E-state index in [2.05, 4.69) is 15.4 Å². The maximum absolute atomic E-state index is 12.7. The SMILES string of the molecule is COc1cc(CN(C)CC(=O)Nc2ccccc2C(=O)Nc2ccccc2)ccc1OC(F)F. The summed E-state index contributed by atoms with van der Waals surface area (Å²) in [5.74, 6) is -0.540. The highest BCUT2D eigenvalue weighted by atomic mass is 19.3. The van der Waals surface area contributed by atoms with Crippen molar-refractivity contribution in [3.63, 3.8) is 0 Å². The lowest BCUT2D eigenvalue weighted by Crippen LogP contribution is -2.30. The second-order valence-corrected chi connectivity index (χ2v) is 7.45. The van der Waals surface area contributed by atoms with Crippen LogP contribution in [0.4, 0.5) is 20.2 Å². The number of alkyl halides is 2. The van der Waals surface area contributed by atoms with E-state index in [-0.39, 0.29) is 29.9 Å². The second-order valence-electron chi connectivity index (χ2n) is 7.45. The first kappa shape index (κ1) is 24.7. The normalized spacial score (nSPS) is 10.8. The molecule has 2 N–H and O–H groups in total. The molecule has 9 heteroatoms. The number of benzene rings is 3. The number of para-hydroxylation sites is 2. The molecule has 3 aromatic carbocycles. The highest BCUT2D eigenvalue weighted by molar-refractivity contribution is 6.10. The Morgan fingerprint density at radius 1 is 0.941 bits per heavy atom. The smallest absolute Gasteiger partial charge is 0.387 e. The topological polar surface area (TPSA) is 79.9 Å². The number of nitrogens with zero attached hydrogens (tertiary/aromatic N) is 1. The zero-order valence-electron chi connectivity index (χ0n) is 18.8. The van der Waals surface area contributed by atoms with Gasteiger partial charge in [0, 0.05) is 12.2 Å². The highest BCUT2D eigenvalue weighted by Gasteiger charge is 2.16. The number of carbonyl (C=O) groups excluding carboxylic acids is 2. The summed E-state index contributed by atoms with van der Waals surface area (Å²) in [6.07, 6.45) is 0. The van der Waals surface area contributed by atoms with Gasteiger partial charge in [-0.2, -0.15) is 8.78 Å². The van der Waals surface area contributed by atoms with Gasteiger partial charge in [-0.25, -0.2) is 0 Å². The molecule has 0 saturated carbocycles. The summed E-state index contributed by atoms with van der Waals surface area (Å²) in [5, 5.41) is 5.58. The van der Waals surface area contributed by atoms with Gasteiger partial charge in [0.25, 0.3) is 5.91 Å². The van der Waals surface area contributed by atoms with Gasteiger partial charge in [-0.15, -0.1) is 0 Å². The van der Waals surface area contributed by atoms with Crippen LogP contribution in [0.2, 0.25) is 0 Å². The maximum Gasteiger partial charge on any atom is 0.387 e. The summed E-state index contributed by atoms with van der Waals surface area (Å²) < 4.78 is 34.5. The monoisotopic (exact) mass is 469 g/mol. The molecule has 0 aliphatic rings. The summed E-state index contributed by atoms with van der Waals surface area (Å²) in [6, 6.07) is 20.4. The largest absolute Gasteiger partial charge is 0.493 e. The molecule has 3 aromatic rings. The first-order chi connectivity index (χ1) is 16.4. The Bertz CT molecular complexity index is 1130. The summed E-state index contributed by atoms with van der Waals surface area (Å²) in [4.78, 5) is 27.1. The Kier molecular flexibility index (Phi) is 8.53. The molecule has 0 atom stereocenters. The van der Waals surface area contributed by atoms with Gasteiger partial charge in [0.05, 0.1) is 24.9 Å². The zero-order valence-corrected chi connectivity index (χ0v) is 18.8. The fourth-order valence-electron chi connectivity index (χ4n) is 3.32. The van der Waals surface area contributed by atoms with Crippen LogP contribution in [0.1, 0.15) is 15.9 Å². The average Bonchev–Trinajstić information content (AvgIpc) is 2.80. The molecule has 0 fully saturated rings. The van der Waals surface area contributed by atoms with Gasteiger partial charge in [-0.3, -0.25) is 14.5 Å². The minimum Gasteiger partial charge on any atom is -0.493 e. The van der Waals surface area contributed by atoms with Gasteiger partial charge in [-0.05, 0) is 49.0 Å². The van der Waals surface area contributed by atoms with Crippen molar-refractivity contribution in [2.75, 3.05) is 31.3 Å². The summed E-state index contributed by atoms with van der Waals surface area (Å²) in [5.41, 5.74) is 2.12. The third-order valence-electron chi connectivity index (χ3n) is 4.79. The number of methoxy groups -OCH3 is 1. The molecule has 0 aromatic heterocycles. The lowest BCUT2D eigenvalue weighted by Gasteiger charge is -2.18. The van der Waals surface area contributed by atoms with Crippen molar-refractivity contribution in [2.45, 2.75) is 13.2 Å². The second kappa shape index (κ2) is 11.8. The van der Waals surface area contributed by atoms with E-state index in [1.807, 2.05) is 18.2 Å². The van der Waals surface area contributed by atoms with Crippen LogP contribution in [0, 0.1) is 0 Å². The van der Waals surface area contributed by atoms with E-state index in [1.54, 1.807) is 60.5 Å². The van der Waals surface area contributed by atoms with Crippen LogP contribution >= 0.6 is 0 Å². The molecule has 3 rings (SSSR count). The Balaban J connectivity index is 1.61. The predicted octanol–water partition coefficient (Wildman–Crippen LogP) is 4.62. The lowest BCUT2D eigenvalue weighted by molar-refractivity contribution is -0.117. The fraction of sp³-hybridized carbons (Fsp3) is 0.200. The lowest BCUT2D eigenvalue weighted by atomic mass is 10.1. The summed E-state index contributed by atoms with van der Waals surface area (Å²) >= 11 is 0. The minimum absolute atomic E-state index is 0.0340. The first-order valence-electron chi connectivity index (χ1n) is 10.4. The number of hydrogen-bond acceptors (Lipinski definition) is 5. The third-order valence-corrected chi connectivity index (χ3v) is 4.79. The fourth-order valence-corrected chi connectivity index (χ4v) is 3.32. The molecular formula is C25H25F2N3O4. The number of amides is 2. The number of rotatable bonds is 10. The Morgan fingerprint density at radius 3 is 2.35 bits per heavy atom. The summed E-state index contributed by atoms with van der Waals surface area (Å²) in [6.45, 7) is -2.56. The number of carbonyl (C=O) groups is 2. The van der Waals surface area contributed by atoms with Crippen LogP contribution in [0.5, 0.6) is 11.5 Å². The van der Waals surface area contributed by atoms with E-state index in [9.17, 15) is 18.4 Å². The number of hydrogen-bond donors (Lipinski definition) is 2. The molecule has 0 aliphatic carbocycles. The average molecular weight is 469 g/mol. The van der Waals surface area contributed by atoms with Gasteiger partial charge in [0.1, 0.15) is 0 Å². The maximum atomic E-state index is 12.7. The molecule has 0 radical (unpaired) electrons. The predicted molar refractivity (Wildman–Crippen MR) is 125 cm³/mol. The Morgan fingerprint density at radius 2 is 1.65 bits per heavy atom. The Hall–Kier alpha value is -3.98. The molecule has 0 aliphatic heterocycles. The van der Waals surface area contributed by atoms with Crippen molar-refractivity contribution in [3.8, 4) is 11.5 Å². The van der Waals surface area contributed by atoms with Gasteiger partial charge < -0.3 is 20.1 Å². The van der Waals surface area contributed by atoms with E-state index < -0.39 is 6.61 Å². The quantitative estimate of drug-likeness (QED) is 0.453. The van der Waals surface area contributed by atoms with Crippen molar-refractivity contribution in [3.05, 3.63) is 83.9 Å². The molecule has 0 unspecified atom stereocenters. The van der Waals surface area contributed by atoms with E-state index in [0.717, 1.165) is 5.56 Å². The third kappa shape index (κ3) is 7.01. The van der Waals surface area contributed by atoms with Gasteiger partial charge in [0.2, 0.25) is 5.91 Å². The Labute approximate surface area is 196 Å². The zero-order chi connectivity index (χ0) is 24.5. The van der Waals surface area contributed by atoms with Crippen molar-refractivity contribution in [1.82, 2.24) is 4.90 Å². The van der Waals surface area contributed by atoms with Crippen molar-refractivity contribution in [2.24, 2.45) is 0 Å². The van der Waals surface area contributed by atoms with Crippen molar-refractivity contribution >= 4 is 23.2 Å². The van der Waals surface area contributed by atoms with Crippen LogP contribution in [0.25, 0.3) is 0 Å². The number of nitrogens with one attached hydrogen (secondary N) is 2. The van der Waals surface area contributed by atoms with E-state index >= 15 is 0 Å².